The molecule has 0 unspecified atom stereocenters. The topological polar surface area (TPSA) is 103 Å². The smallest absolute Gasteiger partial charge is 0.387 e. The molecule has 0 atom stereocenters. The number of ether oxygens (including phenoxy) is 3. The molecule has 176 valence electrons. The van der Waals surface area contributed by atoms with Crippen LogP contribution in [0, 0.1) is 0 Å². The number of rotatable bonds is 10. The van der Waals surface area contributed by atoms with E-state index < -0.39 is 42.5 Å². The molecule has 0 saturated heterocycles. The van der Waals surface area contributed by atoms with E-state index in [1.54, 1.807) is 0 Å². The van der Waals surface area contributed by atoms with E-state index >= 15 is 0 Å². The Balaban J connectivity index is 2.03. The van der Waals surface area contributed by atoms with Crippen LogP contribution >= 0.6 is 0 Å². The molecular formula is C21H18F4N2O6. The van der Waals surface area contributed by atoms with Crippen LogP contribution in [0.3, 0.4) is 0 Å². The molecule has 2 aromatic rings. The molecule has 2 amide bonds. The highest BCUT2D eigenvalue weighted by Gasteiger charge is 2.13. The summed E-state index contributed by atoms with van der Waals surface area (Å²) in [7, 11) is 1.18. The minimum absolute atomic E-state index is 0.0182. The molecule has 0 aliphatic heterocycles. The summed E-state index contributed by atoms with van der Waals surface area (Å²) < 4.78 is 62.7. The highest BCUT2D eigenvalue weighted by atomic mass is 19.3. The molecule has 0 aliphatic carbocycles. The second-order valence-electron chi connectivity index (χ2n) is 6.12. The Bertz CT molecular complexity index is 1010. The zero-order chi connectivity index (χ0) is 24.4. The van der Waals surface area contributed by atoms with Crippen molar-refractivity contribution in [3.63, 3.8) is 0 Å². The van der Waals surface area contributed by atoms with Gasteiger partial charge in [0.15, 0.2) is 0 Å². The van der Waals surface area contributed by atoms with Gasteiger partial charge in [-0.05, 0) is 42.5 Å². The molecular weight excluding hydrogens is 452 g/mol. The van der Waals surface area contributed by atoms with Crippen molar-refractivity contribution in [2.75, 3.05) is 19.0 Å². The molecule has 2 N–H and O–H groups in total. The molecule has 2 aromatic carbocycles. The van der Waals surface area contributed by atoms with Crippen molar-refractivity contribution in [2.45, 2.75) is 13.2 Å². The van der Waals surface area contributed by atoms with Gasteiger partial charge in [-0.2, -0.15) is 17.6 Å². The molecule has 0 heterocycles. The van der Waals surface area contributed by atoms with Crippen LogP contribution in [-0.2, 0) is 14.3 Å². The summed E-state index contributed by atoms with van der Waals surface area (Å²) in [5, 5.41) is 4.84. The first-order valence-corrected chi connectivity index (χ1v) is 9.15. The van der Waals surface area contributed by atoms with Crippen LogP contribution in [0.25, 0.3) is 6.08 Å². The fourth-order valence-electron chi connectivity index (χ4n) is 2.41. The van der Waals surface area contributed by atoms with Crippen LogP contribution in [0.2, 0.25) is 0 Å². The molecule has 0 bridgehead atoms. The Morgan fingerprint density at radius 1 is 0.970 bits per heavy atom. The number of hydrogen-bond donors (Lipinski definition) is 2. The summed E-state index contributed by atoms with van der Waals surface area (Å²) in [6, 6.07) is 8.79. The van der Waals surface area contributed by atoms with Gasteiger partial charge in [-0.3, -0.25) is 14.4 Å². The number of esters is 1. The number of anilines is 1. The molecule has 0 aliphatic rings. The molecule has 33 heavy (non-hydrogen) atoms. The molecule has 0 spiro atoms. The van der Waals surface area contributed by atoms with E-state index in [2.05, 4.69) is 24.8 Å². The van der Waals surface area contributed by atoms with Crippen molar-refractivity contribution in [3.05, 3.63) is 59.7 Å². The first-order chi connectivity index (χ1) is 15.7. The van der Waals surface area contributed by atoms with Gasteiger partial charge in [0, 0.05) is 29.0 Å². The lowest BCUT2D eigenvalue weighted by Crippen LogP contribution is -2.30. The number of benzene rings is 2. The maximum Gasteiger partial charge on any atom is 0.387 e. The van der Waals surface area contributed by atoms with Crippen LogP contribution in [0.5, 0.6) is 11.5 Å². The summed E-state index contributed by atoms with van der Waals surface area (Å²) in [5.41, 5.74) is 0.566. The lowest BCUT2D eigenvalue weighted by molar-refractivity contribution is -0.139. The van der Waals surface area contributed by atoms with Gasteiger partial charge in [0.25, 0.3) is 5.91 Å². The highest BCUT2D eigenvalue weighted by molar-refractivity contribution is 6.02. The molecule has 0 fully saturated rings. The number of methoxy groups -OCH3 is 1. The fraction of sp³-hybridized carbons (Fsp3) is 0.190. The summed E-state index contributed by atoms with van der Waals surface area (Å²) in [4.78, 5) is 35.1. The summed E-state index contributed by atoms with van der Waals surface area (Å²) in [6.07, 6.45) is 2.16. The number of nitrogens with one attached hydrogen (secondary N) is 2. The second-order valence-corrected chi connectivity index (χ2v) is 6.12. The van der Waals surface area contributed by atoms with E-state index in [0.29, 0.717) is 5.69 Å². The highest BCUT2D eigenvalue weighted by Crippen LogP contribution is 2.28. The molecule has 2 rings (SSSR count). The normalized spacial score (nSPS) is 10.9. The lowest BCUT2D eigenvalue weighted by atomic mass is 10.1. The maximum atomic E-state index is 12.6. The van der Waals surface area contributed by atoms with Gasteiger partial charge in [-0.1, -0.05) is 0 Å². The zero-order valence-corrected chi connectivity index (χ0v) is 17.0. The number of amides is 2. The maximum absolute atomic E-state index is 12.6. The van der Waals surface area contributed by atoms with Crippen LogP contribution in [0.1, 0.15) is 15.9 Å². The predicted octanol–water partition coefficient (Wildman–Crippen LogP) is 3.44. The van der Waals surface area contributed by atoms with Crippen LogP contribution in [0.4, 0.5) is 23.2 Å². The average Bonchev–Trinajstić information content (AvgIpc) is 2.76. The lowest BCUT2D eigenvalue weighted by Gasteiger charge is -2.11. The van der Waals surface area contributed by atoms with Gasteiger partial charge in [0.2, 0.25) is 5.91 Å². The van der Waals surface area contributed by atoms with Gasteiger partial charge in [-0.15, -0.1) is 0 Å². The molecule has 0 saturated carbocycles. The van der Waals surface area contributed by atoms with Crippen molar-refractivity contribution < 1.29 is 46.2 Å². The largest absolute Gasteiger partial charge is 0.468 e. The zero-order valence-electron chi connectivity index (χ0n) is 17.0. The quantitative estimate of drug-likeness (QED) is 0.313. The third-order valence-corrected chi connectivity index (χ3v) is 3.88. The number of carbonyl (C=O) groups excluding carboxylic acids is 3. The van der Waals surface area contributed by atoms with E-state index in [-0.39, 0.29) is 17.7 Å². The summed E-state index contributed by atoms with van der Waals surface area (Å²) in [6.45, 7) is -6.68. The minimum Gasteiger partial charge on any atom is -0.468 e. The Morgan fingerprint density at radius 2 is 1.64 bits per heavy atom. The van der Waals surface area contributed by atoms with E-state index in [4.69, 9.17) is 0 Å². The SMILES string of the molecule is COC(=O)CNC(=O)c1ccc(NC(=O)/C=C/c2ccc(OC(F)F)cc2OC(F)F)cc1. The van der Waals surface area contributed by atoms with Crippen LogP contribution in [-0.4, -0.2) is 44.7 Å². The van der Waals surface area contributed by atoms with Crippen molar-refractivity contribution in [1.29, 1.82) is 0 Å². The Labute approximate surface area is 185 Å². The van der Waals surface area contributed by atoms with Crippen molar-refractivity contribution in [2.24, 2.45) is 0 Å². The van der Waals surface area contributed by atoms with Gasteiger partial charge in [0.1, 0.15) is 18.0 Å². The van der Waals surface area contributed by atoms with Gasteiger partial charge >= 0.3 is 19.2 Å². The fourth-order valence-corrected chi connectivity index (χ4v) is 2.41. The molecule has 8 nitrogen and oxygen atoms in total. The molecule has 0 radical (unpaired) electrons. The van der Waals surface area contributed by atoms with Gasteiger partial charge < -0.3 is 24.8 Å². The molecule has 12 heteroatoms. The first kappa shape index (κ1) is 25.2. The van der Waals surface area contributed by atoms with Gasteiger partial charge in [0.05, 0.1) is 7.11 Å². The Hall–Kier alpha value is -4.09. The predicted molar refractivity (Wildman–Crippen MR) is 108 cm³/mol. The number of hydrogen-bond acceptors (Lipinski definition) is 6. The first-order valence-electron chi connectivity index (χ1n) is 9.15. The summed E-state index contributed by atoms with van der Waals surface area (Å²) in [5.74, 6) is -2.64. The van der Waals surface area contributed by atoms with Crippen molar-refractivity contribution in [3.8, 4) is 11.5 Å². The monoisotopic (exact) mass is 470 g/mol. The number of halogens is 4. The number of alkyl halides is 4. The minimum atomic E-state index is -3.23. The standard InChI is InChI=1S/C21H18F4N2O6/c1-31-18(29)11-26-19(30)13-2-6-14(7-3-13)27-17(28)9-5-12-4-8-15(32-20(22)23)10-16(12)33-21(24)25/h2-10,20-21H,11H2,1H3,(H,26,30)(H,27,28)/b9-5+. The van der Waals surface area contributed by atoms with E-state index in [9.17, 15) is 31.9 Å². The van der Waals surface area contributed by atoms with Crippen molar-refractivity contribution in [1.82, 2.24) is 5.32 Å². The third-order valence-electron chi connectivity index (χ3n) is 3.88. The molecule has 0 aromatic heterocycles. The van der Waals surface area contributed by atoms with E-state index in [1.807, 2.05) is 0 Å². The van der Waals surface area contributed by atoms with Crippen LogP contribution in [0.15, 0.2) is 48.5 Å². The second kappa shape index (κ2) is 12.1. The Kier molecular flexibility index (Phi) is 9.21. The third kappa shape index (κ3) is 8.51. The number of carbonyl (C=O) groups is 3. The summed E-state index contributed by atoms with van der Waals surface area (Å²) >= 11 is 0. The average molecular weight is 470 g/mol. The van der Waals surface area contributed by atoms with E-state index in [1.165, 1.54) is 37.4 Å². The van der Waals surface area contributed by atoms with Gasteiger partial charge in [-0.25, -0.2) is 0 Å². The van der Waals surface area contributed by atoms with E-state index in [0.717, 1.165) is 24.3 Å². The Morgan fingerprint density at radius 3 is 2.24 bits per heavy atom. The van der Waals surface area contributed by atoms with Crippen molar-refractivity contribution >= 4 is 29.5 Å². The van der Waals surface area contributed by atoms with Crippen LogP contribution < -0.4 is 20.1 Å².